The number of benzene rings is 2. The van der Waals surface area contributed by atoms with E-state index < -0.39 is 0 Å². The average Bonchev–Trinajstić information content (AvgIpc) is 2.32. The van der Waals surface area contributed by atoms with Gasteiger partial charge in [-0.2, -0.15) is 0 Å². The summed E-state index contributed by atoms with van der Waals surface area (Å²) >= 11 is 5.52. The Bertz CT molecular complexity index is 542. The molecule has 0 fully saturated rings. The molecule has 0 aromatic heterocycles. The van der Waals surface area contributed by atoms with Crippen LogP contribution >= 0.6 is 38.5 Å². The van der Waals surface area contributed by atoms with E-state index in [0.717, 1.165) is 20.0 Å². The lowest BCUT2D eigenvalue weighted by Gasteiger charge is -2.14. The van der Waals surface area contributed by atoms with Crippen LogP contribution in [0.25, 0.3) is 0 Å². The predicted octanol–water partition coefficient (Wildman–Crippen LogP) is 4.44. The van der Waals surface area contributed by atoms with Crippen molar-refractivity contribution in [2.45, 2.75) is 12.5 Å². The Morgan fingerprint density at radius 2 is 1.83 bits per heavy atom. The second-order valence-electron chi connectivity index (χ2n) is 4.10. The summed E-state index contributed by atoms with van der Waals surface area (Å²) < 4.78 is 15.0. The minimum absolute atomic E-state index is 0.112. The van der Waals surface area contributed by atoms with E-state index >= 15 is 0 Å². The molecule has 0 aliphatic carbocycles. The lowest BCUT2D eigenvalue weighted by atomic mass is 10.00. The third kappa shape index (κ3) is 3.52. The minimum atomic E-state index is -0.223. The van der Waals surface area contributed by atoms with Gasteiger partial charge in [-0.05, 0) is 64.4 Å². The van der Waals surface area contributed by atoms with E-state index in [9.17, 15) is 4.39 Å². The normalized spacial score (nSPS) is 12.4. The first-order valence-electron chi connectivity index (χ1n) is 5.51. The molecular formula is C14H12BrFIN. The van der Waals surface area contributed by atoms with Crippen molar-refractivity contribution in [3.05, 3.63) is 67.5 Å². The molecule has 0 spiro atoms. The standard InChI is InChI=1S/C14H12BrFIN/c15-10-3-1-9(2-4-10)7-14(18)12-6-5-11(16)8-13(12)17/h1-6,8,14H,7,18H2. The van der Waals surface area contributed by atoms with Crippen LogP contribution in [0.2, 0.25) is 0 Å². The molecule has 18 heavy (non-hydrogen) atoms. The van der Waals surface area contributed by atoms with Gasteiger partial charge in [0.15, 0.2) is 0 Å². The third-order valence-corrected chi connectivity index (χ3v) is 4.19. The van der Waals surface area contributed by atoms with Crippen molar-refractivity contribution in [1.82, 2.24) is 0 Å². The molecule has 4 heteroatoms. The predicted molar refractivity (Wildman–Crippen MR) is 83.9 cm³/mol. The van der Waals surface area contributed by atoms with Crippen LogP contribution in [0.3, 0.4) is 0 Å². The average molecular weight is 420 g/mol. The van der Waals surface area contributed by atoms with Gasteiger partial charge in [0.1, 0.15) is 5.82 Å². The van der Waals surface area contributed by atoms with E-state index in [0.29, 0.717) is 0 Å². The van der Waals surface area contributed by atoms with Crippen LogP contribution in [0.5, 0.6) is 0 Å². The Balaban J connectivity index is 2.16. The van der Waals surface area contributed by atoms with Gasteiger partial charge in [-0.25, -0.2) is 4.39 Å². The maximum Gasteiger partial charge on any atom is 0.124 e. The van der Waals surface area contributed by atoms with Crippen LogP contribution in [-0.4, -0.2) is 0 Å². The van der Waals surface area contributed by atoms with Crippen LogP contribution in [0, 0.1) is 9.39 Å². The van der Waals surface area contributed by atoms with E-state index in [2.05, 4.69) is 38.5 Å². The van der Waals surface area contributed by atoms with Crippen molar-refractivity contribution in [3.8, 4) is 0 Å². The van der Waals surface area contributed by atoms with Gasteiger partial charge < -0.3 is 5.73 Å². The second kappa shape index (κ2) is 6.12. The van der Waals surface area contributed by atoms with Crippen molar-refractivity contribution in [3.63, 3.8) is 0 Å². The van der Waals surface area contributed by atoms with Crippen molar-refractivity contribution in [1.29, 1.82) is 0 Å². The SMILES string of the molecule is NC(Cc1ccc(Br)cc1)c1ccc(F)cc1I. The molecule has 94 valence electrons. The van der Waals surface area contributed by atoms with Gasteiger partial charge in [0.2, 0.25) is 0 Å². The van der Waals surface area contributed by atoms with Gasteiger partial charge >= 0.3 is 0 Å². The molecule has 2 N–H and O–H groups in total. The number of nitrogens with two attached hydrogens (primary N) is 1. The Morgan fingerprint density at radius 3 is 2.44 bits per heavy atom. The quantitative estimate of drug-likeness (QED) is 0.731. The van der Waals surface area contributed by atoms with Crippen LogP contribution in [0.15, 0.2) is 46.9 Å². The first-order chi connectivity index (χ1) is 8.56. The highest BCUT2D eigenvalue weighted by molar-refractivity contribution is 14.1. The Hall–Kier alpha value is -0.460. The zero-order valence-electron chi connectivity index (χ0n) is 9.54. The highest BCUT2D eigenvalue weighted by atomic mass is 127. The number of hydrogen-bond acceptors (Lipinski definition) is 1. The molecule has 0 heterocycles. The Kier molecular flexibility index (Phi) is 4.75. The minimum Gasteiger partial charge on any atom is -0.324 e. The molecule has 1 atom stereocenters. The first kappa shape index (κ1) is 14.0. The topological polar surface area (TPSA) is 26.0 Å². The van der Waals surface area contributed by atoms with Crippen molar-refractivity contribution >= 4 is 38.5 Å². The molecule has 0 aliphatic rings. The summed E-state index contributed by atoms with van der Waals surface area (Å²) in [4.78, 5) is 0. The molecule has 0 saturated heterocycles. The fourth-order valence-corrected chi connectivity index (χ4v) is 2.93. The van der Waals surface area contributed by atoms with E-state index in [-0.39, 0.29) is 11.9 Å². The lowest BCUT2D eigenvalue weighted by Crippen LogP contribution is -2.14. The molecule has 2 rings (SSSR count). The van der Waals surface area contributed by atoms with Gasteiger partial charge in [-0.1, -0.05) is 34.1 Å². The molecule has 1 nitrogen and oxygen atoms in total. The van der Waals surface area contributed by atoms with Crippen LogP contribution in [0.1, 0.15) is 17.2 Å². The number of halogens is 3. The summed E-state index contributed by atoms with van der Waals surface area (Å²) in [5.74, 6) is -0.223. The Labute approximate surface area is 128 Å². The Morgan fingerprint density at radius 1 is 1.17 bits per heavy atom. The van der Waals surface area contributed by atoms with E-state index in [1.165, 1.54) is 17.7 Å². The molecular weight excluding hydrogens is 408 g/mol. The van der Waals surface area contributed by atoms with Crippen molar-refractivity contribution < 1.29 is 4.39 Å². The van der Waals surface area contributed by atoms with Gasteiger partial charge in [0.25, 0.3) is 0 Å². The van der Waals surface area contributed by atoms with Gasteiger partial charge in [0, 0.05) is 14.1 Å². The largest absolute Gasteiger partial charge is 0.324 e. The highest BCUT2D eigenvalue weighted by Gasteiger charge is 2.11. The third-order valence-electron chi connectivity index (χ3n) is 2.73. The summed E-state index contributed by atoms with van der Waals surface area (Å²) in [5.41, 5.74) is 8.34. The second-order valence-corrected chi connectivity index (χ2v) is 6.18. The summed E-state index contributed by atoms with van der Waals surface area (Å²) in [7, 11) is 0. The maximum absolute atomic E-state index is 13.0. The lowest BCUT2D eigenvalue weighted by molar-refractivity contribution is 0.622. The summed E-state index contributed by atoms with van der Waals surface area (Å²) in [6.45, 7) is 0. The fraction of sp³-hybridized carbons (Fsp3) is 0.143. The summed E-state index contributed by atoms with van der Waals surface area (Å²) in [5, 5.41) is 0. The molecule has 0 amide bonds. The van der Waals surface area contributed by atoms with Crippen LogP contribution in [-0.2, 0) is 6.42 Å². The monoisotopic (exact) mass is 419 g/mol. The smallest absolute Gasteiger partial charge is 0.124 e. The molecule has 2 aromatic rings. The zero-order valence-corrected chi connectivity index (χ0v) is 13.3. The van der Waals surface area contributed by atoms with Gasteiger partial charge in [-0.3, -0.25) is 0 Å². The highest BCUT2D eigenvalue weighted by Crippen LogP contribution is 2.23. The molecule has 1 unspecified atom stereocenters. The zero-order chi connectivity index (χ0) is 13.1. The van der Waals surface area contributed by atoms with E-state index in [1.54, 1.807) is 6.07 Å². The number of hydrogen-bond donors (Lipinski definition) is 1. The maximum atomic E-state index is 13.0. The van der Waals surface area contributed by atoms with E-state index in [4.69, 9.17) is 5.73 Å². The van der Waals surface area contributed by atoms with Gasteiger partial charge in [0.05, 0.1) is 0 Å². The molecule has 0 radical (unpaired) electrons. The number of rotatable bonds is 3. The van der Waals surface area contributed by atoms with Crippen molar-refractivity contribution in [2.75, 3.05) is 0 Å². The van der Waals surface area contributed by atoms with Crippen LogP contribution in [0.4, 0.5) is 4.39 Å². The van der Waals surface area contributed by atoms with Gasteiger partial charge in [-0.15, -0.1) is 0 Å². The van der Waals surface area contributed by atoms with Crippen molar-refractivity contribution in [2.24, 2.45) is 5.73 Å². The molecule has 0 bridgehead atoms. The molecule has 2 aromatic carbocycles. The van der Waals surface area contributed by atoms with Crippen LogP contribution < -0.4 is 5.73 Å². The fourth-order valence-electron chi connectivity index (χ4n) is 1.79. The van der Waals surface area contributed by atoms with E-state index in [1.807, 2.05) is 24.3 Å². The molecule has 0 saturated carbocycles. The first-order valence-corrected chi connectivity index (χ1v) is 7.38. The summed E-state index contributed by atoms with van der Waals surface area (Å²) in [6.07, 6.45) is 0.745. The molecule has 0 aliphatic heterocycles. The summed E-state index contributed by atoms with van der Waals surface area (Å²) in [6, 6.07) is 12.7.